The summed E-state index contributed by atoms with van der Waals surface area (Å²) in [6.45, 7) is 3.65. The Labute approximate surface area is 132 Å². The third-order valence-corrected chi connectivity index (χ3v) is 3.64. The number of benzene rings is 2. The lowest BCUT2D eigenvalue weighted by Gasteiger charge is -2.11. The van der Waals surface area contributed by atoms with Gasteiger partial charge in [-0.15, -0.1) is 0 Å². The molecule has 0 saturated carbocycles. The number of aryl methyl sites for hydroxylation is 1. The van der Waals surface area contributed by atoms with Gasteiger partial charge in [-0.1, -0.05) is 18.2 Å². The Morgan fingerprint density at radius 3 is 2.57 bits per heavy atom. The quantitative estimate of drug-likeness (QED) is 0.420. The first kappa shape index (κ1) is 15.1. The van der Waals surface area contributed by atoms with E-state index in [2.05, 4.69) is 0 Å². The second-order valence-electron chi connectivity index (χ2n) is 5.09. The minimum atomic E-state index is -0.438. The summed E-state index contributed by atoms with van der Waals surface area (Å²) in [4.78, 5) is 23.5. The maximum absolute atomic E-state index is 12.1. The molecule has 2 aromatic carbocycles. The average molecular weight is 312 g/mol. The Hall–Kier alpha value is -2.82. The predicted octanol–water partition coefficient (Wildman–Crippen LogP) is 3.20. The molecular weight excluding hydrogens is 296 g/mol. The van der Waals surface area contributed by atoms with Gasteiger partial charge in [-0.05, 0) is 37.4 Å². The topological polar surface area (TPSA) is 65.7 Å². The number of carbonyl (C=O) groups is 1. The highest BCUT2D eigenvalue weighted by atomic mass is 16.6. The van der Waals surface area contributed by atoms with Crippen molar-refractivity contribution in [3.05, 3.63) is 52.4 Å². The van der Waals surface area contributed by atoms with Crippen LogP contribution in [0.3, 0.4) is 0 Å². The van der Waals surface area contributed by atoms with Gasteiger partial charge < -0.3 is 13.9 Å². The number of hydrogen-bond donors (Lipinski definition) is 0. The summed E-state index contributed by atoms with van der Waals surface area (Å²) in [6.07, 6.45) is 0. The molecule has 0 spiro atoms. The van der Waals surface area contributed by atoms with Crippen molar-refractivity contribution in [1.82, 2.24) is 0 Å². The standard InChI is InChI=1S/C18H16O5/c1-3-21-16(19)10-22-15-9-8-13-12-6-4-5-7-14(12)18(20)23-17(13)11(15)2/h4-9H,3,10H2,1-2H3. The molecule has 5 nitrogen and oxygen atoms in total. The van der Waals surface area contributed by atoms with E-state index in [1.807, 2.05) is 18.2 Å². The fourth-order valence-electron chi connectivity index (χ4n) is 2.56. The van der Waals surface area contributed by atoms with Crippen molar-refractivity contribution in [3.63, 3.8) is 0 Å². The molecule has 0 amide bonds. The molecule has 0 aliphatic carbocycles. The number of hydrogen-bond acceptors (Lipinski definition) is 5. The van der Waals surface area contributed by atoms with E-state index in [-0.39, 0.29) is 6.61 Å². The molecule has 118 valence electrons. The van der Waals surface area contributed by atoms with E-state index < -0.39 is 11.6 Å². The van der Waals surface area contributed by atoms with Crippen molar-refractivity contribution in [3.8, 4) is 5.75 Å². The first-order valence-electron chi connectivity index (χ1n) is 7.35. The summed E-state index contributed by atoms with van der Waals surface area (Å²) in [6, 6.07) is 10.9. The molecular formula is C18H16O5. The second-order valence-corrected chi connectivity index (χ2v) is 5.09. The molecule has 3 aromatic rings. The van der Waals surface area contributed by atoms with Crippen LogP contribution >= 0.6 is 0 Å². The maximum Gasteiger partial charge on any atom is 0.344 e. The van der Waals surface area contributed by atoms with Crippen LogP contribution in [0.25, 0.3) is 21.7 Å². The Morgan fingerprint density at radius 1 is 1.09 bits per heavy atom. The lowest BCUT2D eigenvalue weighted by Crippen LogP contribution is -2.15. The average Bonchev–Trinajstić information content (AvgIpc) is 2.55. The first-order valence-corrected chi connectivity index (χ1v) is 7.35. The van der Waals surface area contributed by atoms with Gasteiger partial charge in [0, 0.05) is 10.9 Å². The molecule has 23 heavy (non-hydrogen) atoms. The van der Waals surface area contributed by atoms with Gasteiger partial charge in [-0.25, -0.2) is 9.59 Å². The summed E-state index contributed by atoms with van der Waals surface area (Å²) in [7, 11) is 0. The SMILES string of the molecule is CCOC(=O)COc1ccc2c(oc(=O)c3ccccc32)c1C. The largest absolute Gasteiger partial charge is 0.481 e. The zero-order valence-electron chi connectivity index (χ0n) is 12.9. The smallest absolute Gasteiger partial charge is 0.344 e. The van der Waals surface area contributed by atoms with E-state index >= 15 is 0 Å². The van der Waals surface area contributed by atoms with E-state index in [1.54, 1.807) is 32.0 Å². The molecule has 5 heteroatoms. The van der Waals surface area contributed by atoms with E-state index in [0.717, 1.165) is 10.8 Å². The summed E-state index contributed by atoms with van der Waals surface area (Å²) in [5, 5.41) is 2.21. The molecule has 3 rings (SSSR count). The number of ether oxygens (including phenoxy) is 2. The van der Waals surface area contributed by atoms with Gasteiger partial charge >= 0.3 is 11.6 Å². The van der Waals surface area contributed by atoms with Gasteiger partial charge in [0.05, 0.1) is 12.0 Å². The minimum Gasteiger partial charge on any atom is -0.481 e. The van der Waals surface area contributed by atoms with Crippen LogP contribution < -0.4 is 10.4 Å². The lowest BCUT2D eigenvalue weighted by molar-refractivity contribution is -0.145. The predicted molar refractivity (Wildman–Crippen MR) is 86.9 cm³/mol. The molecule has 1 aromatic heterocycles. The number of rotatable bonds is 4. The molecule has 0 bridgehead atoms. The van der Waals surface area contributed by atoms with Crippen LogP contribution in [0.5, 0.6) is 5.75 Å². The summed E-state index contributed by atoms with van der Waals surface area (Å²) >= 11 is 0. The number of carbonyl (C=O) groups excluding carboxylic acids is 1. The van der Waals surface area contributed by atoms with Gasteiger partial charge in [-0.3, -0.25) is 0 Å². The van der Waals surface area contributed by atoms with Crippen LogP contribution in [0.1, 0.15) is 12.5 Å². The summed E-state index contributed by atoms with van der Waals surface area (Å²) in [5.41, 5.74) is 0.753. The van der Waals surface area contributed by atoms with Crippen molar-refractivity contribution in [2.75, 3.05) is 13.2 Å². The monoisotopic (exact) mass is 312 g/mol. The molecule has 0 N–H and O–H groups in total. The fraction of sp³-hybridized carbons (Fsp3) is 0.222. The molecule has 0 unspecified atom stereocenters. The Morgan fingerprint density at radius 2 is 1.83 bits per heavy atom. The molecule has 0 atom stereocenters. The number of esters is 1. The Kier molecular flexibility index (Phi) is 4.02. The Bertz CT molecular complexity index is 939. The second kappa shape index (κ2) is 6.12. The van der Waals surface area contributed by atoms with Crippen LogP contribution in [0.4, 0.5) is 0 Å². The molecule has 0 aliphatic rings. The normalized spacial score (nSPS) is 10.9. The molecule has 0 aliphatic heterocycles. The van der Waals surface area contributed by atoms with Crippen LogP contribution in [0, 0.1) is 6.92 Å². The highest BCUT2D eigenvalue weighted by Crippen LogP contribution is 2.30. The molecule has 0 saturated heterocycles. The number of fused-ring (bicyclic) bond motifs is 3. The van der Waals surface area contributed by atoms with Crippen molar-refractivity contribution in [1.29, 1.82) is 0 Å². The van der Waals surface area contributed by atoms with Crippen LogP contribution in [-0.2, 0) is 9.53 Å². The maximum atomic E-state index is 12.1. The van der Waals surface area contributed by atoms with E-state index in [9.17, 15) is 9.59 Å². The van der Waals surface area contributed by atoms with Crippen LogP contribution in [0.2, 0.25) is 0 Å². The zero-order valence-corrected chi connectivity index (χ0v) is 12.9. The van der Waals surface area contributed by atoms with Gasteiger partial charge in [0.15, 0.2) is 6.61 Å². The van der Waals surface area contributed by atoms with Crippen LogP contribution in [0.15, 0.2) is 45.6 Å². The highest BCUT2D eigenvalue weighted by molar-refractivity contribution is 6.05. The van der Waals surface area contributed by atoms with Crippen LogP contribution in [-0.4, -0.2) is 19.2 Å². The van der Waals surface area contributed by atoms with Gasteiger partial charge in [-0.2, -0.15) is 0 Å². The van der Waals surface area contributed by atoms with Gasteiger partial charge in [0.25, 0.3) is 0 Å². The zero-order chi connectivity index (χ0) is 16.4. The van der Waals surface area contributed by atoms with E-state index in [4.69, 9.17) is 13.9 Å². The van der Waals surface area contributed by atoms with E-state index in [1.165, 1.54) is 0 Å². The third-order valence-electron chi connectivity index (χ3n) is 3.64. The van der Waals surface area contributed by atoms with Crippen molar-refractivity contribution >= 4 is 27.7 Å². The molecule has 0 radical (unpaired) electrons. The summed E-state index contributed by atoms with van der Waals surface area (Å²) < 4.78 is 15.8. The van der Waals surface area contributed by atoms with Gasteiger partial charge in [0.1, 0.15) is 11.3 Å². The minimum absolute atomic E-state index is 0.183. The first-order chi connectivity index (χ1) is 11.1. The lowest BCUT2D eigenvalue weighted by atomic mass is 10.0. The van der Waals surface area contributed by atoms with E-state index in [0.29, 0.717) is 28.9 Å². The van der Waals surface area contributed by atoms with Crippen molar-refractivity contribution in [2.45, 2.75) is 13.8 Å². The third kappa shape index (κ3) is 2.77. The molecule has 0 fully saturated rings. The van der Waals surface area contributed by atoms with Crippen molar-refractivity contribution in [2.24, 2.45) is 0 Å². The summed E-state index contributed by atoms with van der Waals surface area (Å²) in [5.74, 6) is 0.0518. The fourth-order valence-corrected chi connectivity index (χ4v) is 2.56. The molecule has 1 heterocycles. The Balaban J connectivity index is 2.07. The van der Waals surface area contributed by atoms with Crippen molar-refractivity contribution < 1.29 is 18.7 Å². The van der Waals surface area contributed by atoms with Gasteiger partial charge in [0.2, 0.25) is 0 Å². The highest BCUT2D eigenvalue weighted by Gasteiger charge is 2.13.